The number of nitrogens with one attached hydrogen (secondary N) is 2. The Bertz CT molecular complexity index is 527. The quantitative estimate of drug-likeness (QED) is 0.845. The van der Waals surface area contributed by atoms with E-state index in [-0.39, 0.29) is 12.1 Å². The van der Waals surface area contributed by atoms with Gasteiger partial charge in [0.15, 0.2) is 0 Å². The summed E-state index contributed by atoms with van der Waals surface area (Å²) in [5, 5.41) is 6.41. The van der Waals surface area contributed by atoms with Gasteiger partial charge in [0.25, 0.3) is 0 Å². The Labute approximate surface area is 140 Å². The fraction of sp³-hybridized carbons (Fsp3) is 0.722. The molecule has 0 saturated carbocycles. The molecule has 0 aliphatic carbocycles. The van der Waals surface area contributed by atoms with Gasteiger partial charge in [-0.05, 0) is 52.2 Å². The van der Waals surface area contributed by atoms with E-state index in [1.165, 1.54) is 17.0 Å². The molecule has 1 aromatic heterocycles. The zero-order valence-corrected chi connectivity index (χ0v) is 15.9. The first kappa shape index (κ1) is 19.6. The maximum atomic E-state index is 11.8. The number of carbonyl (C=O) groups excluding carboxylic acids is 1. The molecule has 1 rings (SSSR count). The van der Waals surface area contributed by atoms with E-state index in [9.17, 15) is 4.79 Å². The predicted molar refractivity (Wildman–Crippen MR) is 94.6 cm³/mol. The zero-order chi connectivity index (χ0) is 17.8. The number of nitrogens with zero attached hydrogens (tertiary/aromatic N) is 1. The van der Waals surface area contributed by atoms with Crippen molar-refractivity contribution in [2.24, 2.45) is 13.0 Å². The normalized spacial score (nSPS) is 13.3. The minimum atomic E-state index is -0.469. The Kier molecular flexibility index (Phi) is 6.69. The van der Waals surface area contributed by atoms with Crippen LogP contribution in [0, 0.1) is 19.8 Å². The van der Waals surface area contributed by atoms with E-state index in [1.54, 1.807) is 0 Å². The first-order valence-corrected chi connectivity index (χ1v) is 8.33. The zero-order valence-electron chi connectivity index (χ0n) is 15.9. The molecule has 0 radical (unpaired) electrons. The van der Waals surface area contributed by atoms with Gasteiger partial charge < -0.3 is 19.9 Å². The Morgan fingerprint density at radius 3 is 2.35 bits per heavy atom. The summed E-state index contributed by atoms with van der Waals surface area (Å²) < 4.78 is 7.48. The molecule has 0 spiro atoms. The van der Waals surface area contributed by atoms with Crippen LogP contribution in [0.5, 0.6) is 0 Å². The highest BCUT2D eigenvalue weighted by Crippen LogP contribution is 2.14. The second kappa shape index (κ2) is 7.86. The number of aryl methyl sites for hydroxylation is 1. The van der Waals surface area contributed by atoms with Crippen molar-refractivity contribution in [3.05, 3.63) is 23.0 Å². The molecular weight excluding hydrogens is 290 g/mol. The van der Waals surface area contributed by atoms with Gasteiger partial charge in [-0.2, -0.15) is 0 Å². The molecule has 0 aromatic carbocycles. The molecule has 2 N–H and O–H groups in total. The average Bonchev–Trinajstić information content (AvgIpc) is 2.64. The van der Waals surface area contributed by atoms with E-state index in [0.29, 0.717) is 12.5 Å². The van der Waals surface area contributed by atoms with Crippen LogP contribution in [0.25, 0.3) is 0 Å². The minimum absolute atomic E-state index is 0.197. The molecule has 1 atom stereocenters. The van der Waals surface area contributed by atoms with E-state index >= 15 is 0 Å². The van der Waals surface area contributed by atoms with E-state index in [0.717, 1.165) is 6.54 Å². The molecule has 5 heteroatoms. The number of aromatic nitrogens is 1. The Morgan fingerprint density at radius 1 is 1.30 bits per heavy atom. The third-order valence-corrected chi connectivity index (χ3v) is 4.10. The summed E-state index contributed by atoms with van der Waals surface area (Å²) in [6, 6.07) is 2.41. The second-order valence-electron chi connectivity index (χ2n) is 7.57. The number of rotatable bonds is 6. The van der Waals surface area contributed by atoms with Crippen molar-refractivity contribution in [3.63, 3.8) is 0 Å². The molecule has 0 fully saturated rings. The first-order valence-electron chi connectivity index (χ1n) is 8.33. The van der Waals surface area contributed by atoms with Gasteiger partial charge in [-0.3, -0.25) is 0 Å². The third kappa shape index (κ3) is 6.26. The molecule has 0 aliphatic heterocycles. The fourth-order valence-electron chi connectivity index (χ4n) is 2.40. The molecule has 1 unspecified atom stereocenters. The third-order valence-electron chi connectivity index (χ3n) is 4.10. The highest BCUT2D eigenvalue weighted by molar-refractivity contribution is 5.67. The molecule has 0 aliphatic rings. The molecule has 1 heterocycles. The van der Waals surface area contributed by atoms with Gasteiger partial charge in [0.05, 0.1) is 0 Å². The van der Waals surface area contributed by atoms with E-state index in [1.807, 2.05) is 20.8 Å². The van der Waals surface area contributed by atoms with E-state index in [4.69, 9.17) is 4.74 Å². The molecule has 23 heavy (non-hydrogen) atoms. The maximum absolute atomic E-state index is 11.8. The van der Waals surface area contributed by atoms with Gasteiger partial charge >= 0.3 is 6.09 Å². The lowest BCUT2D eigenvalue weighted by Crippen LogP contribution is -2.45. The van der Waals surface area contributed by atoms with Crippen molar-refractivity contribution in [2.75, 3.05) is 6.54 Å². The Morgan fingerprint density at radius 2 is 1.91 bits per heavy atom. The van der Waals surface area contributed by atoms with Gasteiger partial charge in [-0.1, -0.05) is 13.8 Å². The first-order chi connectivity index (χ1) is 10.5. The summed E-state index contributed by atoms with van der Waals surface area (Å²) in [5.41, 5.74) is 3.36. The maximum Gasteiger partial charge on any atom is 0.407 e. The summed E-state index contributed by atoms with van der Waals surface area (Å²) in [6.45, 7) is 15.5. The molecule has 5 nitrogen and oxygen atoms in total. The van der Waals surface area contributed by atoms with Crippen LogP contribution in [0.15, 0.2) is 6.07 Å². The fourth-order valence-corrected chi connectivity index (χ4v) is 2.40. The molecule has 0 bridgehead atoms. The highest BCUT2D eigenvalue weighted by Gasteiger charge is 2.19. The lowest BCUT2D eigenvalue weighted by atomic mass is 10.0. The summed E-state index contributed by atoms with van der Waals surface area (Å²) in [4.78, 5) is 11.8. The second-order valence-corrected chi connectivity index (χ2v) is 7.57. The van der Waals surface area contributed by atoms with Crippen molar-refractivity contribution in [1.29, 1.82) is 0 Å². The number of hydrogen-bond acceptors (Lipinski definition) is 3. The van der Waals surface area contributed by atoms with Gasteiger partial charge in [0.2, 0.25) is 0 Å². The van der Waals surface area contributed by atoms with Crippen molar-refractivity contribution in [3.8, 4) is 0 Å². The summed E-state index contributed by atoms with van der Waals surface area (Å²) >= 11 is 0. The van der Waals surface area contributed by atoms with Crippen LogP contribution in [0.2, 0.25) is 0 Å². The number of hydrogen-bond donors (Lipinski definition) is 2. The molecule has 132 valence electrons. The van der Waals surface area contributed by atoms with Crippen LogP contribution in [-0.4, -0.2) is 28.8 Å². The van der Waals surface area contributed by atoms with Crippen LogP contribution >= 0.6 is 0 Å². The van der Waals surface area contributed by atoms with Crippen molar-refractivity contribution < 1.29 is 9.53 Å². The van der Waals surface area contributed by atoms with Gasteiger partial charge in [0, 0.05) is 37.6 Å². The molecule has 1 amide bonds. The molecular formula is C18H33N3O2. The van der Waals surface area contributed by atoms with Gasteiger partial charge in [-0.25, -0.2) is 4.79 Å². The largest absolute Gasteiger partial charge is 0.444 e. The Hall–Kier alpha value is -1.49. The standard InChI is InChI=1S/C18H33N3O2/c1-12(2)16(11-20-17(22)23-18(5,6)7)19-10-15-9-13(3)21(8)14(15)4/h9,12,16,19H,10-11H2,1-8H3,(H,20,22). The van der Waals surface area contributed by atoms with Crippen molar-refractivity contribution >= 4 is 6.09 Å². The molecule has 1 aromatic rings. The lowest BCUT2D eigenvalue weighted by Gasteiger charge is -2.25. The monoisotopic (exact) mass is 323 g/mol. The Balaban J connectivity index is 2.55. The van der Waals surface area contributed by atoms with E-state index in [2.05, 4.69) is 56.0 Å². The number of carbonyl (C=O) groups is 1. The average molecular weight is 323 g/mol. The van der Waals surface area contributed by atoms with Crippen molar-refractivity contribution in [1.82, 2.24) is 15.2 Å². The topological polar surface area (TPSA) is 55.3 Å². The highest BCUT2D eigenvalue weighted by atomic mass is 16.6. The predicted octanol–water partition coefficient (Wildman–Crippen LogP) is 3.28. The van der Waals surface area contributed by atoms with Crippen LogP contribution in [0.3, 0.4) is 0 Å². The van der Waals surface area contributed by atoms with Crippen LogP contribution < -0.4 is 10.6 Å². The van der Waals surface area contributed by atoms with Crippen molar-refractivity contribution in [2.45, 2.75) is 66.7 Å². The van der Waals surface area contributed by atoms with Crippen LogP contribution in [0.1, 0.15) is 51.6 Å². The summed E-state index contributed by atoms with van der Waals surface area (Å²) in [5.74, 6) is 0.412. The van der Waals surface area contributed by atoms with Crippen LogP contribution in [-0.2, 0) is 18.3 Å². The number of ether oxygens (including phenoxy) is 1. The SMILES string of the molecule is Cc1cc(CNC(CNC(=O)OC(C)(C)C)C(C)C)c(C)n1C. The smallest absolute Gasteiger partial charge is 0.407 e. The van der Waals surface area contributed by atoms with Crippen LogP contribution in [0.4, 0.5) is 4.79 Å². The lowest BCUT2D eigenvalue weighted by molar-refractivity contribution is 0.0519. The van der Waals surface area contributed by atoms with E-state index < -0.39 is 5.60 Å². The molecule has 0 saturated heterocycles. The van der Waals surface area contributed by atoms with Gasteiger partial charge in [0.1, 0.15) is 5.60 Å². The summed E-state index contributed by atoms with van der Waals surface area (Å²) in [6.07, 6.45) is -0.364. The minimum Gasteiger partial charge on any atom is -0.444 e. The van der Waals surface area contributed by atoms with Gasteiger partial charge in [-0.15, -0.1) is 0 Å². The number of alkyl carbamates (subject to hydrolysis) is 1. The number of amides is 1. The summed E-state index contributed by atoms with van der Waals surface area (Å²) in [7, 11) is 2.08.